The van der Waals surface area contributed by atoms with Crippen LogP contribution in [0.5, 0.6) is 0 Å². The zero-order valence-corrected chi connectivity index (χ0v) is 11.2. The van der Waals surface area contributed by atoms with Crippen molar-refractivity contribution >= 4 is 40.8 Å². The number of rotatable bonds is 5. The number of nitrogens with zero attached hydrogens (tertiary/aromatic N) is 2. The van der Waals surface area contributed by atoms with Gasteiger partial charge in [0.05, 0.1) is 12.7 Å². The molecule has 2 N–H and O–H groups in total. The first-order chi connectivity index (χ1) is 9.15. The van der Waals surface area contributed by atoms with Gasteiger partial charge in [-0.1, -0.05) is 4.49 Å². The normalized spacial score (nSPS) is 10.7. The second-order valence-corrected chi connectivity index (χ2v) is 5.26. The van der Waals surface area contributed by atoms with E-state index in [0.29, 0.717) is 11.4 Å². The molecule has 8 heteroatoms. The van der Waals surface area contributed by atoms with E-state index in [0.717, 1.165) is 28.0 Å². The van der Waals surface area contributed by atoms with Crippen molar-refractivity contribution in [1.29, 1.82) is 0 Å². The molecule has 19 heavy (non-hydrogen) atoms. The number of aromatic nitrogens is 2. The Morgan fingerprint density at radius 2 is 2.32 bits per heavy atom. The van der Waals surface area contributed by atoms with E-state index in [1.807, 2.05) is 11.4 Å². The van der Waals surface area contributed by atoms with Crippen molar-refractivity contribution in [3.63, 3.8) is 0 Å². The van der Waals surface area contributed by atoms with Gasteiger partial charge in [-0.25, -0.2) is 4.79 Å². The minimum atomic E-state index is -0.987. The molecular formula is C11H9N3O3S2. The maximum absolute atomic E-state index is 11.6. The predicted octanol–water partition coefficient (Wildman–Crippen LogP) is 1.63. The summed E-state index contributed by atoms with van der Waals surface area (Å²) in [6, 6.07) is 1.83. The molecule has 2 heterocycles. The number of carboxylic acids is 1. The number of carbonyl (C=O) groups excluding carboxylic acids is 1. The van der Waals surface area contributed by atoms with Crippen molar-refractivity contribution in [2.24, 2.45) is 0 Å². The van der Waals surface area contributed by atoms with Gasteiger partial charge in [-0.2, -0.15) is 0 Å². The fourth-order valence-electron chi connectivity index (χ4n) is 1.27. The third-order valence-electron chi connectivity index (χ3n) is 2.10. The topological polar surface area (TPSA) is 92.2 Å². The Balaban J connectivity index is 1.90. The maximum atomic E-state index is 11.6. The Bertz CT molecular complexity index is 604. The molecule has 0 atom stereocenters. The highest BCUT2D eigenvalue weighted by molar-refractivity contribution is 7.10. The average Bonchev–Trinajstić information content (AvgIpc) is 3.04. The Kier molecular flexibility index (Phi) is 4.37. The summed E-state index contributed by atoms with van der Waals surface area (Å²) in [7, 11) is 0. The smallest absolute Gasteiger partial charge is 0.328 e. The summed E-state index contributed by atoms with van der Waals surface area (Å²) in [4.78, 5) is 23.4. The van der Waals surface area contributed by atoms with Gasteiger partial charge in [-0.05, 0) is 34.6 Å². The van der Waals surface area contributed by atoms with Gasteiger partial charge in [-0.15, -0.1) is 16.4 Å². The molecule has 1 amide bonds. The molecule has 0 fully saturated rings. The largest absolute Gasteiger partial charge is 0.478 e. The van der Waals surface area contributed by atoms with Crippen molar-refractivity contribution < 1.29 is 14.7 Å². The molecule has 0 aromatic carbocycles. The van der Waals surface area contributed by atoms with E-state index in [-0.39, 0.29) is 5.91 Å². The summed E-state index contributed by atoms with van der Waals surface area (Å²) in [6.45, 7) is 0.391. The van der Waals surface area contributed by atoms with Gasteiger partial charge in [0, 0.05) is 11.0 Å². The first-order valence-corrected chi connectivity index (χ1v) is 6.84. The summed E-state index contributed by atoms with van der Waals surface area (Å²) >= 11 is 2.49. The van der Waals surface area contributed by atoms with Gasteiger partial charge < -0.3 is 10.4 Å². The minimum absolute atomic E-state index is 0.217. The summed E-state index contributed by atoms with van der Waals surface area (Å²) in [5.74, 6) is -1.20. The zero-order chi connectivity index (χ0) is 13.7. The van der Waals surface area contributed by atoms with Gasteiger partial charge in [0.25, 0.3) is 5.91 Å². The number of thiophene rings is 1. The van der Waals surface area contributed by atoms with E-state index in [9.17, 15) is 9.59 Å². The number of nitrogens with one attached hydrogen (secondary N) is 1. The fraction of sp³-hybridized carbons (Fsp3) is 0.0909. The quantitative estimate of drug-likeness (QED) is 0.818. The third kappa shape index (κ3) is 3.97. The number of amides is 1. The number of hydrogen-bond acceptors (Lipinski definition) is 6. The van der Waals surface area contributed by atoms with Crippen LogP contribution in [0.15, 0.2) is 23.7 Å². The van der Waals surface area contributed by atoms with E-state index in [2.05, 4.69) is 14.9 Å². The van der Waals surface area contributed by atoms with Crippen LogP contribution in [0, 0.1) is 0 Å². The van der Waals surface area contributed by atoms with Gasteiger partial charge in [-0.3, -0.25) is 4.79 Å². The van der Waals surface area contributed by atoms with Crippen LogP contribution in [0.3, 0.4) is 0 Å². The van der Waals surface area contributed by atoms with E-state index < -0.39 is 5.97 Å². The van der Waals surface area contributed by atoms with E-state index in [1.54, 1.807) is 0 Å². The summed E-state index contributed by atoms with van der Waals surface area (Å²) in [5, 5.41) is 16.7. The van der Waals surface area contributed by atoms with Gasteiger partial charge in [0.15, 0.2) is 0 Å². The number of carbonyl (C=O) groups is 2. The molecule has 0 aliphatic heterocycles. The lowest BCUT2D eigenvalue weighted by molar-refractivity contribution is -0.131. The van der Waals surface area contributed by atoms with Crippen molar-refractivity contribution in [3.8, 4) is 0 Å². The van der Waals surface area contributed by atoms with Crippen LogP contribution in [0.25, 0.3) is 6.08 Å². The average molecular weight is 295 g/mol. The molecule has 0 unspecified atom stereocenters. The molecule has 0 radical (unpaired) electrons. The fourth-order valence-corrected chi connectivity index (χ4v) is 2.49. The molecule has 0 aliphatic rings. The van der Waals surface area contributed by atoms with Crippen LogP contribution in [-0.4, -0.2) is 26.6 Å². The second-order valence-electron chi connectivity index (χ2n) is 3.48. The number of aliphatic carboxylic acids is 1. The molecule has 2 aromatic rings. The summed E-state index contributed by atoms with van der Waals surface area (Å²) in [6.07, 6.45) is 4.00. The van der Waals surface area contributed by atoms with Crippen LogP contribution >= 0.6 is 22.9 Å². The lowest BCUT2D eigenvalue weighted by atomic mass is 10.3. The summed E-state index contributed by atoms with van der Waals surface area (Å²) < 4.78 is 3.61. The third-order valence-corrected chi connectivity index (χ3v) is 3.72. The Morgan fingerprint density at radius 1 is 1.47 bits per heavy atom. The van der Waals surface area contributed by atoms with Gasteiger partial charge >= 0.3 is 5.97 Å². The zero-order valence-electron chi connectivity index (χ0n) is 9.57. The highest BCUT2D eigenvalue weighted by Crippen LogP contribution is 2.16. The van der Waals surface area contributed by atoms with Gasteiger partial charge in [0.2, 0.25) is 0 Å². The van der Waals surface area contributed by atoms with E-state index in [4.69, 9.17) is 5.11 Å². The summed E-state index contributed by atoms with van der Waals surface area (Å²) in [5.41, 5.74) is 0.802. The highest BCUT2D eigenvalue weighted by atomic mass is 32.1. The molecule has 98 valence electrons. The van der Waals surface area contributed by atoms with Gasteiger partial charge in [0.1, 0.15) is 4.88 Å². The highest BCUT2D eigenvalue weighted by Gasteiger charge is 2.08. The molecule has 2 rings (SSSR count). The molecule has 0 saturated carbocycles. The minimum Gasteiger partial charge on any atom is -0.478 e. The van der Waals surface area contributed by atoms with Crippen LogP contribution in [0.2, 0.25) is 0 Å². The van der Waals surface area contributed by atoms with Crippen molar-refractivity contribution in [2.75, 3.05) is 0 Å². The SMILES string of the molecule is O=C(O)C=Cc1csc(CNC(=O)c2cnns2)c1. The first-order valence-electron chi connectivity index (χ1n) is 5.19. The molecule has 6 nitrogen and oxygen atoms in total. The predicted molar refractivity (Wildman–Crippen MR) is 72.1 cm³/mol. The second kappa shape index (κ2) is 6.21. The van der Waals surface area contributed by atoms with Crippen LogP contribution in [0.4, 0.5) is 0 Å². The molecular weight excluding hydrogens is 286 g/mol. The first kappa shape index (κ1) is 13.4. The molecule has 0 aliphatic carbocycles. The molecule has 0 bridgehead atoms. The molecule has 2 aromatic heterocycles. The van der Waals surface area contributed by atoms with Crippen molar-refractivity contribution in [3.05, 3.63) is 39.0 Å². The van der Waals surface area contributed by atoms with Crippen LogP contribution in [0.1, 0.15) is 20.1 Å². The number of hydrogen-bond donors (Lipinski definition) is 2. The van der Waals surface area contributed by atoms with E-state index in [1.165, 1.54) is 23.6 Å². The Labute approximate surface area is 116 Å². The number of carboxylic acid groups (broad SMARTS) is 1. The standard InChI is InChI=1S/C11H9N3O3S2/c15-10(16)2-1-7-3-8(18-6-7)4-12-11(17)9-5-13-14-19-9/h1-3,5-6H,4H2,(H,12,17)(H,15,16). The van der Waals surface area contributed by atoms with Crippen LogP contribution < -0.4 is 5.32 Å². The Hall–Kier alpha value is -2.06. The maximum Gasteiger partial charge on any atom is 0.328 e. The van der Waals surface area contributed by atoms with Crippen LogP contribution in [-0.2, 0) is 11.3 Å². The van der Waals surface area contributed by atoms with Crippen molar-refractivity contribution in [2.45, 2.75) is 6.54 Å². The molecule has 0 saturated heterocycles. The molecule has 0 spiro atoms. The van der Waals surface area contributed by atoms with E-state index >= 15 is 0 Å². The lowest BCUT2D eigenvalue weighted by Crippen LogP contribution is -2.21. The lowest BCUT2D eigenvalue weighted by Gasteiger charge is -1.99. The monoisotopic (exact) mass is 295 g/mol. The Morgan fingerprint density at radius 3 is 3.00 bits per heavy atom. The van der Waals surface area contributed by atoms with Crippen molar-refractivity contribution in [1.82, 2.24) is 14.9 Å².